The van der Waals surface area contributed by atoms with Crippen LogP contribution in [0, 0.1) is 15.9 Å². The van der Waals surface area contributed by atoms with Gasteiger partial charge in [0.25, 0.3) is 5.91 Å². The maximum atomic E-state index is 13.7. The second-order valence-corrected chi connectivity index (χ2v) is 6.15. The van der Waals surface area contributed by atoms with Crippen LogP contribution in [0.25, 0.3) is 16.9 Å². The van der Waals surface area contributed by atoms with E-state index < -0.39 is 16.6 Å². The third-order valence-corrected chi connectivity index (χ3v) is 4.22. The SMILES string of the molecule is O=C(Nc1ccc(-n2nc(-c3cccnc3)cc2[N+](=O)[O-])cc1)c1ccncc1F. The minimum atomic E-state index is -0.735. The monoisotopic (exact) mass is 404 g/mol. The zero-order valence-electron chi connectivity index (χ0n) is 15.3. The highest BCUT2D eigenvalue weighted by molar-refractivity contribution is 6.04. The van der Waals surface area contributed by atoms with Crippen molar-refractivity contribution in [1.82, 2.24) is 19.7 Å². The Balaban J connectivity index is 1.61. The largest absolute Gasteiger partial charge is 0.358 e. The third kappa shape index (κ3) is 3.74. The first-order chi connectivity index (χ1) is 14.5. The van der Waals surface area contributed by atoms with Gasteiger partial charge in [0.15, 0.2) is 11.5 Å². The number of rotatable bonds is 5. The number of hydrogen-bond donors (Lipinski definition) is 1. The molecule has 1 amide bonds. The van der Waals surface area contributed by atoms with Gasteiger partial charge in [0.2, 0.25) is 0 Å². The van der Waals surface area contributed by atoms with Crippen molar-refractivity contribution in [2.75, 3.05) is 5.32 Å². The summed E-state index contributed by atoms with van der Waals surface area (Å²) in [4.78, 5) is 30.7. The number of nitro groups is 1. The molecule has 0 fully saturated rings. The van der Waals surface area contributed by atoms with E-state index in [0.29, 0.717) is 22.6 Å². The number of anilines is 1. The smallest absolute Gasteiger partial charge is 0.350 e. The lowest BCUT2D eigenvalue weighted by Crippen LogP contribution is -2.14. The zero-order valence-corrected chi connectivity index (χ0v) is 15.3. The molecule has 10 heteroatoms. The van der Waals surface area contributed by atoms with Gasteiger partial charge in [-0.3, -0.25) is 14.8 Å². The average Bonchev–Trinajstić information content (AvgIpc) is 3.21. The van der Waals surface area contributed by atoms with Crippen LogP contribution in [0.1, 0.15) is 10.4 Å². The molecule has 0 saturated heterocycles. The molecule has 4 aromatic rings. The van der Waals surface area contributed by atoms with E-state index in [2.05, 4.69) is 20.4 Å². The molecule has 0 bridgehead atoms. The Labute approximate surface area is 169 Å². The number of pyridine rings is 2. The van der Waals surface area contributed by atoms with Gasteiger partial charge in [-0.25, -0.2) is 4.39 Å². The van der Waals surface area contributed by atoms with Crippen LogP contribution in [0.5, 0.6) is 0 Å². The van der Waals surface area contributed by atoms with Crippen molar-refractivity contribution in [2.45, 2.75) is 0 Å². The lowest BCUT2D eigenvalue weighted by atomic mass is 10.2. The van der Waals surface area contributed by atoms with E-state index in [4.69, 9.17) is 0 Å². The van der Waals surface area contributed by atoms with E-state index in [0.717, 1.165) is 6.20 Å². The third-order valence-electron chi connectivity index (χ3n) is 4.22. The molecular formula is C20H13FN6O3. The first kappa shape index (κ1) is 18.9. The highest BCUT2D eigenvalue weighted by Gasteiger charge is 2.21. The predicted octanol–water partition coefficient (Wildman–Crippen LogP) is 3.63. The number of aromatic nitrogens is 4. The van der Waals surface area contributed by atoms with Crippen LogP contribution in [-0.4, -0.2) is 30.6 Å². The number of benzene rings is 1. The summed E-state index contributed by atoms with van der Waals surface area (Å²) in [6, 6.07) is 12.3. The molecular weight excluding hydrogens is 391 g/mol. The van der Waals surface area contributed by atoms with E-state index in [1.165, 1.54) is 23.0 Å². The molecule has 0 aliphatic carbocycles. The normalized spacial score (nSPS) is 10.6. The van der Waals surface area contributed by atoms with E-state index in [-0.39, 0.29) is 11.4 Å². The van der Waals surface area contributed by atoms with Crippen LogP contribution in [0.3, 0.4) is 0 Å². The molecule has 3 heterocycles. The summed E-state index contributed by atoms with van der Waals surface area (Å²) >= 11 is 0. The molecule has 0 unspecified atom stereocenters. The number of halogens is 1. The zero-order chi connectivity index (χ0) is 21.1. The first-order valence-electron chi connectivity index (χ1n) is 8.69. The van der Waals surface area contributed by atoms with E-state index >= 15 is 0 Å². The molecule has 0 atom stereocenters. The Morgan fingerprint density at radius 2 is 1.83 bits per heavy atom. The van der Waals surface area contributed by atoms with Crippen molar-refractivity contribution in [2.24, 2.45) is 0 Å². The number of carbonyl (C=O) groups is 1. The van der Waals surface area contributed by atoms with Crippen molar-refractivity contribution in [1.29, 1.82) is 0 Å². The van der Waals surface area contributed by atoms with Crippen LogP contribution in [0.15, 0.2) is 73.3 Å². The molecule has 0 aliphatic rings. The lowest BCUT2D eigenvalue weighted by molar-refractivity contribution is -0.391. The van der Waals surface area contributed by atoms with E-state index in [1.54, 1.807) is 48.8 Å². The fraction of sp³-hybridized carbons (Fsp3) is 0. The highest BCUT2D eigenvalue weighted by atomic mass is 19.1. The Kier molecular flexibility index (Phi) is 4.95. The van der Waals surface area contributed by atoms with Crippen LogP contribution < -0.4 is 5.32 Å². The van der Waals surface area contributed by atoms with Crippen molar-refractivity contribution in [3.05, 3.63) is 94.8 Å². The summed E-state index contributed by atoms with van der Waals surface area (Å²) < 4.78 is 14.9. The molecule has 0 aliphatic heterocycles. The van der Waals surface area contributed by atoms with Gasteiger partial charge in [0.05, 0.1) is 17.8 Å². The first-order valence-corrected chi connectivity index (χ1v) is 8.69. The highest BCUT2D eigenvalue weighted by Crippen LogP contribution is 2.26. The minimum Gasteiger partial charge on any atom is -0.358 e. The van der Waals surface area contributed by atoms with E-state index in [1.807, 2.05) is 0 Å². The Hall–Kier alpha value is -4.47. The van der Waals surface area contributed by atoms with Gasteiger partial charge in [-0.05, 0) is 47.4 Å². The number of nitrogens with zero attached hydrogens (tertiary/aromatic N) is 5. The predicted molar refractivity (Wildman–Crippen MR) is 106 cm³/mol. The van der Waals surface area contributed by atoms with Crippen molar-refractivity contribution in [3.8, 4) is 16.9 Å². The molecule has 0 saturated carbocycles. The molecule has 148 valence electrons. The lowest BCUT2D eigenvalue weighted by Gasteiger charge is -2.06. The Morgan fingerprint density at radius 1 is 1.07 bits per heavy atom. The summed E-state index contributed by atoms with van der Waals surface area (Å²) in [7, 11) is 0. The number of hydrogen-bond acceptors (Lipinski definition) is 6. The molecule has 0 radical (unpaired) electrons. The Morgan fingerprint density at radius 3 is 2.50 bits per heavy atom. The van der Waals surface area contributed by atoms with Crippen LogP contribution >= 0.6 is 0 Å². The fourth-order valence-corrected chi connectivity index (χ4v) is 2.79. The topological polar surface area (TPSA) is 116 Å². The maximum absolute atomic E-state index is 13.7. The summed E-state index contributed by atoms with van der Waals surface area (Å²) in [5, 5.41) is 18.4. The van der Waals surface area contributed by atoms with Crippen LogP contribution in [-0.2, 0) is 0 Å². The molecule has 9 nitrogen and oxygen atoms in total. The average molecular weight is 404 g/mol. The van der Waals surface area contributed by atoms with Crippen LogP contribution in [0.2, 0.25) is 0 Å². The second-order valence-electron chi connectivity index (χ2n) is 6.15. The number of amides is 1. The van der Waals surface area contributed by atoms with E-state index in [9.17, 15) is 19.3 Å². The van der Waals surface area contributed by atoms with Gasteiger partial charge in [-0.1, -0.05) is 9.78 Å². The quantitative estimate of drug-likeness (QED) is 0.401. The minimum absolute atomic E-state index is 0.141. The molecule has 30 heavy (non-hydrogen) atoms. The second kappa shape index (κ2) is 7.87. The van der Waals surface area contributed by atoms with Gasteiger partial charge in [0.1, 0.15) is 5.69 Å². The molecule has 3 aromatic heterocycles. The van der Waals surface area contributed by atoms with Crippen molar-refractivity contribution in [3.63, 3.8) is 0 Å². The standard InChI is InChI=1S/C20H13FN6O3/c21-17-12-23-9-7-16(17)20(28)24-14-3-5-15(6-4-14)26-19(27(29)30)10-18(25-26)13-2-1-8-22-11-13/h1-12H,(H,24,28). The van der Waals surface area contributed by atoms with Crippen molar-refractivity contribution < 1.29 is 14.1 Å². The van der Waals surface area contributed by atoms with Gasteiger partial charge in [0, 0.05) is 29.8 Å². The summed E-state index contributed by atoms with van der Waals surface area (Å²) in [6.07, 6.45) is 5.43. The van der Waals surface area contributed by atoms with Crippen molar-refractivity contribution >= 4 is 17.4 Å². The molecule has 1 N–H and O–H groups in total. The molecule has 0 spiro atoms. The van der Waals surface area contributed by atoms with Gasteiger partial charge >= 0.3 is 5.82 Å². The summed E-state index contributed by atoms with van der Waals surface area (Å²) in [6.45, 7) is 0. The summed E-state index contributed by atoms with van der Waals surface area (Å²) in [5.74, 6) is -1.59. The molecule has 4 rings (SSSR count). The number of nitrogens with one attached hydrogen (secondary N) is 1. The maximum Gasteiger partial charge on any atom is 0.350 e. The fourth-order valence-electron chi connectivity index (χ4n) is 2.79. The Bertz CT molecular complexity index is 1230. The van der Waals surface area contributed by atoms with Crippen LogP contribution in [0.4, 0.5) is 15.9 Å². The molecule has 1 aromatic carbocycles. The van der Waals surface area contributed by atoms with Gasteiger partial charge in [-0.2, -0.15) is 0 Å². The van der Waals surface area contributed by atoms with Gasteiger partial charge in [-0.15, -0.1) is 0 Å². The number of carbonyl (C=O) groups excluding carboxylic acids is 1. The summed E-state index contributed by atoms with van der Waals surface area (Å²) in [5.41, 5.74) is 1.72. The van der Waals surface area contributed by atoms with Gasteiger partial charge < -0.3 is 15.4 Å².